The van der Waals surface area contributed by atoms with Crippen LogP contribution < -0.4 is 5.69 Å². The van der Waals surface area contributed by atoms with Crippen molar-refractivity contribution in [3.05, 3.63) is 70.6 Å². The highest BCUT2D eigenvalue weighted by molar-refractivity contribution is 5.84. The topological polar surface area (TPSA) is 84.1 Å². The number of aromatic nitrogens is 3. The second-order valence-corrected chi connectivity index (χ2v) is 9.13. The number of likely N-dealkylation sites (tertiary alicyclic amines) is 1. The first kappa shape index (κ1) is 20.8. The van der Waals surface area contributed by atoms with Crippen LogP contribution in [0.2, 0.25) is 0 Å². The fourth-order valence-electron chi connectivity index (χ4n) is 4.83. The number of hydrogen-bond acceptors (Lipinski definition) is 4. The van der Waals surface area contributed by atoms with Gasteiger partial charge in [0.1, 0.15) is 11.4 Å². The SMILES string of the molecule is O=C(C1CC1)N1CC[C@@H](Cc2n[nH]c(=O)n2-c2ccc(-c3ccc4occc4c3)c(F)c2F)C1. The number of carbonyl (C=O) groups excluding carboxylic acids is 1. The third-order valence-corrected chi connectivity index (χ3v) is 6.80. The van der Waals surface area contributed by atoms with Crippen molar-refractivity contribution in [2.24, 2.45) is 11.8 Å². The fourth-order valence-corrected chi connectivity index (χ4v) is 4.83. The molecule has 1 aliphatic carbocycles. The molecule has 9 heteroatoms. The number of amides is 1. The van der Waals surface area contributed by atoms with Crippen molar-refractivity contribution in [1.82, 2.24) is 19.7 Å². The van der Waals surface area contributed by atoms with E-state index in [9.17, 15) is 9.59 Å². The summed E-state index contributed by atoms with van der Waals surface area (Å²) in [5.41, 5.74) is 0.420. The van der Waals surface area contributed by atoms with E-state index in [0.29, 0.717) is 36.5 Å². The minimum atomic E-state index is -1.12. The molecule has 7 nitrogen and oxygen atoms in total. The molecule has 0 bridgehead atoms. The van der Waals surface area contributed by atoms with E-state index in [1.807, 2.05) is 4.90 Å². The van der Waals surface area contributed by atoms with Crippen LogP contribution in [-0.2, 0) is 11.2 Å². The Bertz CT molecular complexity index is 1470. The number of H-pyrrole nitrogens is 1. The number of nitrogens with zero attached hydrogens (tertiary/aromatic N) is 3. The van der Waals surface area contributed by atoms with E-state index in [2.05, 4.69) is 10.2 Å². The molecule has 1 saturated heterocycles. The average Bonchev–Trinajstić information content (AvgIpc) is 3.22. The Morgan fingerprint density at radius 2 is 1.97 bits per heavy atom. The predicted octanol–water partition coefficient (Wildman–Crippen LogP) is 4.05. The predicted molar refractivity (Wildman–Crippen MR) is 120 cm³/mol. The number of carbonyl (C=O) groups is 1. The highest BCUT2D eigenvalue weighted by atomic mass is 19.2. The minimum Gasteiger partial charge on any atom is -0.464 e. The summed E-state index contributed by atoms with van der Waals surface area (Å²) in [4.78, 5) is 26.7. The Morgan fingerprint density at radius 1 is 1.12 bits per heavy atom. The van der Waals surface area contributed by atoms with Crippen LogP contribution in [0.3, 0.4) is 0 Å². The van der Waals surface area contributed by atoms with Gasteiger partial charge in [0.25, 0.3) is 0 Å². The van der Waals surface area contributed by atoms with Crippen LogP contribution in [-0.4, -0.2) is 38.7 Å². The molecule has 1 atom stereocenters. The zero-order valence-corrected chi connectivity index (χ0v) is 18.3. The Balaban J connectivity index is 1.29. The molecule has 1 N–H and O–H groups in total. The van der Waals surface area contributed by atoms with Gasteiger partial charge >= 0.3 is 5.69 Å². The van der Waals surface area contributed by atoms with Crippen molar-refractivity contribution >= 4 is 16.9 Å². The number of hydrogen-bond donors (Lipinski definition) is 1. The van der Waals surface area contributed by atoms with Crippen LogP contribution in [0.5, 0.6) is 0 Å². The van der Waals surface area contributed by atoms with Gasteiger partial charge in [0.05, 0.1) is 12.0 Å². The summed E-state index contributed by atoms with van der Waals surface area (Å²) in [5, 5.41) is 7.21. The molecular formula is C25H22F2N4O3. The van der Waals surface area contributed by atoms with Gasteiger partial charge in [0, 0.05) is 36.4 Å². The molecule has 1 saturated carbocycles. The molecule has 2 aromatic heterocycles. The molecule has 34 heavy (non-hydrogen) atoms. The Morgan fingerprint density at radius 3 is 2.79 bits per heavy atom. The van der Waals surface area contributed by atoms with Gasteiger partial charge in [-0.1, -0.05) is 6.07 Å². The Hall–Kier alpha value is -3.75. The molecule has 1 amide bonds. The molecule has 6 rings (SSSR count). The average molecular weight is 464 g/mol. The van der Waals surface area contributed by atoms with Gasteiger partial charge in [-0.15, -0.1) is 0 Å². The number of halogens is 2. The molecule has 3 heterocycles. The van der Waals surface area contributed by atoms with Gasteiger partial charge in [-0.2, -0.15) is 5.10 Å². The lowest BCUT2D eigenvalue weighted by Crippen LogP contribution is -2.30. The third kappa shape index (κ3) is 3.52. The lowest BCUT2D eigenvalue weighted by atomic mass is 10.0. The number of rotatable bonds is 5. The molecule has 0 spiro atoms. The molecule has 174 valence electrons. The molecule has 1 aliphatic heterocycles. The number of furan rings is 1. The summed E-state index contributed by atoms with van der Waals surface area (Å²) in [7, 11) is 0. The normalized spacial score (nSPS) is 18.2. The third-order valence-electron chi connectivity index (χ3n) is 6.80. The van der Waals surface area contributed by atoms with Gasteiger partial charge in [0.15, 0.2) is 11.6 Å². The minimum absolute atomic E-state index is 0.0902. The van der Waals surface area contributed by atoms with Crippen LogP contribution in [0.1, 0.15) is 25.1 Å². The first-order valence-corrected chi connectivity index (χ1v) is 11.4. The fraction of sp³-hybridized carbons (Fsp3) is 0.320. The number of benzene rings is 2. The summed E-state index contributed by atoms with van der Waals surface area (Å²) in [6, 6.07) is 9.69. The zero-order valence-electron chi connectivity index (χ0n) is 18.3. The summed E-state index contributed by atoms with van der Waals surface area (Å²) in [6.45, 7) is 1.26. The monoisotopic (exact) mass is 464 g/mol. The van der Waals surface area contributed by atoms with Gasteiger partial charge < -0.3 is 9.32 Å². The zero-order chi connectivity index (χ0) is 23.4. The van der Waals surface area contributed by atoms with Crippen molar-refractivity contribution < 1.29 is 18.0 Å². The van der Waals surface area contributed by atoms with E-state index in [-0.39, 0.29) is 29.0 Å². The maximum absolute atomic E-state index is 15.3. The Kier molecular flexibility index (Phi) is 4.86. The van der Waals surface area contributed by atoms with Crippen LogP contribution >= 0.6 is 0 Å². The highest BCUT2D eigenvalue weighted by Gasteiger charge is 2.37. The molecule has 0 radical (unpaired) electrons. The molecule has 2 fully saturated rings. The molecule has 2 aliphatic rings. The standard InChI is InChI=1S/C25H22F2N4O3/c26-22-18(16-3-6-20-17(12-16)8-10-34-20)4-5-19(23(22)27)31-21(28-29-25(31)33)11-14-7-9-30(13-14)24(32)15-1-2-15/h3-6,8,10,12,14-15H,1-2,7,9,11,13H2,(H,29,33)/t14-/m0/s1. The van der Waals surface area contributed by atoms with E-state index in [4.69, 9.17) is 4.42 Å². The van der Waals surface area contributed by atoms with Crippen LogP contribution in [0.15, 0.2) is 51.9 Å². The van der Waals surface area contributed by atoms with E-state index < -0.39 is 17.3 Å². The molecule has 4 aromatic rings. The smallest absolute Gasteiger partial charge is 0.348 e. The number of aromatic amines is 1. The van der Waals surface area contributed by atoms with Crippen LogP contribution in [0.4, 0.5) is 8.78 Å². The van der Waals surface area contributed by atoms with E-state index >= 15 is 8.78 Å². The van der Waals surface area contributed by atoms with E-state index in [0.717, 1.165) is 29.2 Å². The van der Waals surface area contributed by atoms with Gasteiger partial charge in [-0.3, -0.25) is 4.79 Å². The Labute approximate surface area is 193 Å². The summed E-state index contributed by atoms with van der Waals surface area (Å²) >= 11 is 0. The van der Waals surface area contributed by atoms with Crippen LogP contribution in [0.25, 0.3) is 27.8 Å². The molecule has 2 aromatic carbocycles. The summed E-state index contributed by atoms with van der Waals surface area (Å²) in [6.07, 6.45) is 4.61. The van der Waals surface area contributed by atoms with E-state index in [1.54, 1.807) is 24.3 Å². The molecular weight excluding hydrogens is 442 g/mol. The van der Waals surface area contributed by atoms with Crippen molar-refractivity contribution in [3.63, 3.8) is 0 Å². The lowest BCUT2D eigenvalue weighted by molar-refractivity contribution is -0.131. The largest absolute Gasteiger partial charge is 0.464 e. The summed E-state index contributed by atoms with van der Waals surface area (Å²) in [5.74, 6) is -1.38. The second-order valence-electron chi connectivity index (χ2n) is 9.13. The number of fused-ring (bicyclic) bond motifs is 1. The van der Waals surface area contributed by atoms with Crippen molar-refractivity contribution in [2.75, 3.05) is 13.1 Å². The molecule has 0 unspecified atom stereocenters. The van der Waals surface area contributed by atoms with E-state index in [1.165, 1.54) is 18.4 Å². The van der Waals surface area contributed by atoms with Crippen molar-refractivity contribution in [3.8, 4) is 16.8 Å². The first-order valence-electron chi connectivity index (χ1n) is 11.4. The van der Waals surface area contributed by atoms with Gasteiger partial charge in [-0.05, 0) is 61.1 Å². The summed E-state index contributed by atoms with van der Waals surface area (Å²) < 4.78 is 36.8. The van der Waals surface area contributed by atoms with Crippen LogP contribution in [0, 0.1) is 23.5 Å². The quantitative estimate of drug-likeness (QED) is 0.483. The van der Waals surface area contributed by atoms with Gasteiger partial charge in [-0.25, -0.2) is 23.2 Å². The second kappa shape index (κ2) is 7.93. The van der Waals surface area contributed by atoms with Gasteiger partial charge in [0.2, 0.25) is 5.91 Å². The highest BCUT2D eigenvalue weighted by Crippen LogP contribution is 2.34. The van der Waals surface area contributed by atoms with Crippen molar-refractivity contribution in [1.29, 1.82) is 0 Å². The lowest BCUT2D eigenvalue weighted by Gasteiger charge is -2.16. The van der Waals surface area contributed by atoms with Crippen molar-refractivity contribution in [2.45, 2.75) is 25.7 Å². The first-order chi connectivity index (χ1) is 16.5. The maximum atomic E-state index is 15.3. The number of nitrogens with one attached hydrogen (secondary N) is 1. The maximum Gasteiger partial charge on any atom is 0.348 e.